The fraction of sp³-hybridized carbons (Fsp3) is 0.208. The van der Waals surface area contributed by atoms with Crippen molar-refractivity contribution < 1.29 is 9.59 Å². The Morgan fingerprint density at radius 1 is 1.06 bits per heavy atom. The third-order valence-corrected chi connectivity index (χ3v) is 5.52. The van der Waals surface area contributed by atoms with E-state index in [1.807, 2.05) is 38.1 Å². The number of nitrogens with zero attached hydrogens (tertiary/aromatic N) is 2. The summed E-state index contributed by atoms with van der Waals surface area (Å²) >= 11 is 5.96. The van der Waals surface area contributed by atoms with Crippen LogP contribution in [0.4, 0.5) is 4.79 Å². The van der Waals surface area contributed by atoms with Crippen LogP contribution >= 0.6 is 11.6 Å². The average Bonchev–Trinajstić information content (AvgIpc) is 3.20. The predicted molar refractivity (Wildman–Crippen MR) is 124 cm³/mol. The molecule has 1 fully saturated rings. The van der Waals surface area contributed by atoms with E-state index in [1.54, 1.807) is 24.3 Å². The van der Waals surface area contributed by atoms with Crippen molar-refractivity contribution in [3.8, 4) is 5.69 Å². The summed E-state index contributed by atoms with van der Waals surface area (Å²) in [6.45, 7) is 4.11. The van der Waals surface area contributed by atoms with Crippen LogP contribution in [0.15, 0.2) is 59.0 Å². The van der Waals surface area contributed by atoms with Crippen molar-refractivity contribution >= 4 is 29.6 Å². The van der Waals surface area contributed by atoms with Gasteiger partial charge in [0.2, 0.25) is 0 Å². The summed E-state index contributed by atoms with van der Waals surface area (Å²) in [7, 11) is 0. The van der Waals surface area contributed by atoms with E-state index in [4.69, 9.17) is 11.6 Å². The molecule has 1 aliphatic rings. The number of aryl methyl sites for hydroxylation is 2. The normalized spacial score (nSPS) is 15.0. The van der Waals surface area contributed by atoms with E-state index in [1.165, 1.54) is 10.8 Å². The molecule has 8 heteroatoms. The van der Waals surface area contributed by atoms with Crippen molar-refractivity contribution in [1.29, 1.82) is 0 Å². The summed E-state index contributed by atoms with van der Waals surface area (Å²) in [5, 5.41) is 6.30. The van der Waals surface area contributed by atoms with Gasteiger partial charge in [-0.25, -0.2) is 9.48 Å². The van der Waals surface area contributed by atoms with Gasteiger partial charge >= 0.3 is 6.03 Å². The number of hydrogen-bond acceptors (Lipinski definition) is 3. The van der Waals surface area contributed by atoms with Gasteiger partial charge in [-0.2, -0.15) is 0 Å². The van der Waals surface area contributed by atoms with E-state index in [0.29, 0.717) is 28.4 Å². The SMILES string of the molecule is CCCc1[nH]n(-c2ccc(Cl)cc2)c(=O)c1/C=C1\NC(=O)N(Cc2cccc(C)c2)C1=O. The third-order valence-electron chi connectivity index (χ3n) is 5.26. The lowest BCUT2D eigenvalue weighted by Crippen LogP contribution is -2.30. The van der Waals surface area contributed by atoms with Crippen LogP contribution in [0.2, 0.25) is 5.02 Å². The predicted octanol–water partition coefficient (Wildman–Crippen LogP) is 4.17. The summed E-state index contributed by atoms with van der Waals surface area (Å²) in [6.07, 6.45) is 2.88. The molecule has 3 amide bonds. The van der Waals surface area contributed by atoms with Crippen LogP contribution in [0.25, 0.3) is 11.8 Å². The average molecular weight is 451 g/mol. The minimum Gasteiger partial charge on any atom is -0.303 e. The number of urea groups is 1. The molecule has 0 unspecified atom stereocenters. The Hall–Kier alpha value is -3.58. The van der Waals surface area contributed by atoms with Gasteiger partial charge in [0.15, 0.2) is 0 Å². The molecule has 0 spiro atoms. The lowest BCUT2D eigenvalue weighted by Gasteiger charge is -2.12. The van der Waals surface area contributed by atoms with Crippen molar-refractivity contribution in [2.75, 3.05) is 0 Å². The molecular weight excluding hydrogens is 428 g/mol. The number of carbonyl (C=O) groups excluding carboxylic acids is 2. The molecule has 0 radical (unpaired) electrons. The molecule has 4 rings (SSSR count). The summed E-state index contributed by atoms with van der Waals surface area (Å²) in [5.41, 5.74) is 3.35. The first-order chi connectivity index (χ1) is 15.4. The van der Waals surface area contributed by atoms with Gasteiger partial charge in [-0.15, -0.1) is 0 Å². The van der Waals surface area contributed by atoms with Crippen molar-refractivity contribution in [2.24, 2.45) is 0 Å². The molecular formula is C24H23ClN4O3. The molecule has 2 aromatic carbocycles. The van der Waals surface area contributed by atoms with Crippen molar-refractivity contribution in [3.63, 3.8) is 0 Å². The second-order valence-corrected chi connectivity index (χ2v) is 8.18. The highest BCUT2D eigenvalue weighted by Gasteiger charge is 2.34. The van der Waals surface area contributed by atoms with E-state index in [2.05, 4.69) is 10.4 Å². The van der Waals surface area contributed by atoms with Gasteiger partial charge in [-0.3, -0.25) is 19.6 Å². The number of amides is 3. The lowest BCUT2D eigenvalue weighted by atomic mass is 10.1. The Kier molecular flexibility index (Phi) is 6.01. The van der Waals surface area contributed by atoms with Crippen LogP contribution in [-0.2, 0) is 17.8 Å². The summed E-state index contributed by atoms with van der Waals surface area (Å²) in [6, 6.07) is 14.0. The number of aromatic amines is 1. The molecule has 164 valence electrons. The van der Waals surface area contributed by atoms with Gasteiger partial charge in [0.1, 0.15) is 5.70 Å². The minimum absolute atomic E-state index is 0.0827. The first-order valence-electron chi connectivity index (χ1n) is 10.4. The zero-order chi connectivity index (χ0) is 22.8. The maximum Gasteiger partial charge on any atom is 0.329 e. The standard InChI is InChI=1S/C24H23ClN4O3/c1-3-5-20-19(22(30)29(27-20)18-10-8-17(25)9-11-18)13-21-23(31)28(24(32)26-21)14-16-7-4-6-15(2)12-16/h4,6-13,27H,3,5,14H2,1-2H3,(H,26,32)/b21-13-. The smallest absolute Gasteiger partial charge is 0.303 e. The first-order valence-corrected chi connectivity index (χ1v) is 10.7. The zero-order valence-electron chi connectivity index (χ0n) is 17.8. The van der Waals surface area contributed by atoms with Crippen LogP contribution < -0.4 is 10.9 Å². The molecule has 7 nitrogen and oxygen atoms in total. The van der Waals surface area contributed by atoms with Crippen LogP contribution in [0, 0.1) is 6.92 Å². The van der Waals surface area contributed by atoms with Gasteiger partial charge in [0.05, 0.1) is 17.8 Å². The van der Waals surface area contributed by atoms with Crippen molar-refractivity contribution in [3.05, 3.63) is 92.0 Å². The fourth-order valence-corrected chi connectivity index (χ4v) is 3.84. The maximum atomic E-state index is 13.2. The van der Waals surface area contributed by atoms with E-state index < -0.39 is 11.9 Å². The Morgan fingerprint density at radius 2 is 1.81 bits per heavy atom. The highest BCUT2D eigenvalue weighted by Crippen LogP contribution is 2.19. The van der Waals surface area contributed by atoms with Gasteiger partial charge in [0.25, 0.3) is 11.5 Å². The monoisotopic (exact) mass is 450 g/mol. The molecule has 1 saturated heterocycles. The van der Waals surface area contributed by atoms with E-state index >= 15 is 0 Å². The van der Waals surface area contributed by atoms with Gasteiger partial charge in [0, 0.05) is 10.7 Å². The number of rotatable bonds is 6. The van der Waals surface area contributed by atoms with Crippen LogP contribution in [0.3, 0.4) is 0 Å². The van der Waals surface area contributed by atoms with Gasteiger partial charge in [-0.05, 0) is 49.2 Å². The second kappa shape index (κ2) is 8.88. The number of imide groups is 1. The number of benzene rings is 2. The number of hydrogen-bond donors (Lipinski definition) is 2. The zero-order valence-corrected chi connectivity index (χ0v) is 18.6. The van der Waals surface area contributed by atoms with E-state index in [-0.39, 0.29) is 17.8 Å². The Labute approximate surface area is 190 Å². The molecule has 3 aromatic rings. The van der Waals surface area contributed by atoms with Crippen LogP contribution in [-0.4, -0.2) is 26.6 Å². The molecule has 2 N–H and O–H groups in total. The second-order valence-electron chi connectivity index (χ2n) is 7.74. The number of H-pyrrole nitrogens is 1. The summed E-state index contributed by atoms with van der Waals surface area (Å²) in [4.78, 5) is 39.7. The molecule has 2 heterocycles. The number of aromatic nitrogens is 2. The maximum absolute atomic E-state index is 13.2. The van der Waals surface area contributed by atoms with E-state index in [0.717, 1.165) is 22.4 Å². The molecule has 0 aliphatic carbocycles. The molecule has 0 bridgehead atoms. The minimum atomic E-state index is -0.506. The molecule has 0 atom stereocenters. The lowest BCUT2D eigenvalue weighted by molar-refractivity contribution is -0.123. The van der Waals surface area contributed by atoms with Crippen LogP contribution in [0.1, 0.15) is 35.7 Å². The van der Waals surface area contributed by atoms with E-state index in [9.17, 15) is 14.4 Å². The van der Waals surface area contributed by atoms with Gasteiger partial charge < -0.3 is 5.32 Å². The highest BCUT2D eigenvalue weighted by atomic mass is 35.5. The number of nitrogens with one attached hydrogen (secondary N) is 2. The summed E-state index contributed by atoms with van der Waals surface area (Å²) < 4.78 is 1.42. The molecule has 32 heavy (non-hydrogen) atoms. The number of carbonyl (C=O) groups is 2. The summed E-state index contributed by atoms with van der Waals surface area (Å²) in [5.74, 6) is -0.461. The Bertz CT molecular complexity index is 1270. The van der Waals surface area contributed by atoms with Crippen LogP contribution in [0.5, 0.6) is 0 Å². The highest BCUT2D eigenvalue weighted by molar-refractivity contribution is 6.30. The fourth-order valence-electron chi connectivity index (χ4n) is 3.71. The Balaban J connectivity index is 1.68. The van der Waals surface area contributed by atoms with Crippen molar-refractivity contribution in [1.82, 2.24) is 20.0 Å². The molecule has 0 saturated carbocycles. The Morgan fingerprint density at radius 3 is 2.50 bits per heavy atom. The van der Waals surface area contributed by atoms with Crippen molar-refractivity contribution in [2.45, 2.75) is 33.2 Å². The van der Waals surface area contributed by atoms with Gasteiger partial charge in [-0.1, -0.05) is 54.8 Å². The molecule has 1 aliphatic heterocycles. The number of halogens is 1. The third kappa shape index (κ3) is 4.24. The first kappa shape index (κ1) is 21.6. The molecule has 1 aromatic heterocycles. The largest absolute Gasteiger partial charge is 0.329 e. The topological polar surface area (TPSA) is 87.2 Å². The quantitative estimate of drug-likeness (QED) is 0.436.